The molecule has 1 N–H and O–H groups in total. The van der Waals surface area contributed by atoms with Crippen molar-refractivity contribution in [2.75, 3.05) is 0 Å². The van der Waals surface area contributed by atoms with Gasteiger partial charge in [-0.15, -0.1) is 11.3 Å². The summed E-state index contributed by atoms with van der Waals surface area (Å²) < 4.78 is 41.0. The van der Waals surface area contributed by atoms with E-state index in [9.17, 15) is 18.0 Å². The molecule has 0 saturated heterocycles. The van der Waals surface area contributed by atoms with E-state index < -0.39 is 23.3 Å². The van der Waals surface area contributed by atoms with Crippen molar-refractivity contribution in [1.29, 1.82) is 0 Å². The molecule has 2 aromatic heterocycles. The number of carbonyl (C=O) groups is 1. The van der Waals surface area contributed by atoms with E-state index in [1.54, 1.807) is 0 Å². The summed E-state index contributed by atoms with van der Waals surface area (Å²) in [5, 5.41) is 5.16. The number of pyridine rings is 1. The van der Waals surface area contributed by atoms with Crippen LogP contribution in [-0.4, -0.2) is 21.9 Å². The molecule has 0 spiro atoms. The molecular formula is C23H22F3N3OS. The average Bonchev–Trinajstić information content (AvgIpc) is 3.24. The van der Waals surface area contributed by atoms with Gasteiger partial charge in [-0.25, -0.2) is 9.97 Å². The molecule has 1 amide bonds. The standard InChI is InChI=1S/C23H22F3N3OS/c1-14-17(22-29-19(13-31-22)15-8-4-2-5-9-15)12-18(20(27-14)23(24,25)26)21(30)28-16-10-6-3-7-11-16/h2,4-5,8-9,12-13,16H,3,6-7,10-11H2,1H3,(H,28,30). The second-order valence-electron chi connectivity index (χ2n) is 7.73. The molecule has 0 atom stereocenters. The molecule has 0 aliphatic heterocycles. The van der Waals surface area contributed by atoms with Gasteiger partial charge >= 0.3 is 6.18 Å². The second kappa shape index (κ2) is 8.78. The highest BCUT2D eigenvalue weighted by molar-refractivity contribution is 7.13. The number of carbonyl (C=O) groups excluding carboxylic acids is 1. The predicted molar refractivity (Wildman–Crippen MR) is 115 cm³/mol. The Bertz CT molecular complexity index is 1070. The highest BCUT2D eigenvalue weighted by Gasteiger charge is 2.38. The number of amides is 1. The smallest absolute Gasteiger partial charge is 0.349 e. The lowest BCUT2D eigenvalue weighted by molar-refractivity contribution is -0.141. The molecule has 0 bridgehead atoms. The number of aryl methyl sites for hydroxylation is 1. The van der Waals surface area contributed by atoms with Crippen molar-refractivity contribution < 1.29 is 18.0 Å². The third kappa shape index (κ3) is 4.79. The number of aromatic nitrogens is 2. The van der Waals surface area contributed by atoms with Crippen LogP contribution in [0, 0.1) is 6.92 Å². The van der Waals surface area contributed by atoms with Crippen LogP contribution in [0.25, 0.3) is 21.8 Å². The first-order valence-electron chi connectivity index (χ1n) is 10.2. The highest BCUT2D eigenvalue weighted by atomic mass is 32.1. The van der Waals surface area contributed by atoms with Gasteiger partial charge < -0.3 is 5.32 Å². The number of hydrogen-bond acceptors (Lipinski definition) is 4. The lowest BCUT2D eigenvalue weighted by atomic mass is 9.95. The molecule has 0 radical (unpaired) electrons. The zero-order valence-electron chi connectivity index (χ0n) is 17.0. The van der Waals surface area contributed by atoms with Crippen LogP contribution < -0.4 is 5.32 Å². The first-order chi connectivity index (χ1) is 14.8. The van der Waals surface area contributed by atoms with Crippen LogP contribution in [0.3, 0.4) is 0 Å². The number of nitrogens with one attached hydrogen (secondary N) is 1. The molecule has 3 aromatic rings. The van der Waals surface area contributed by atoms with Crippen molar-refractivity contribution in [2.45, 2.75) is 51.2 Å². The van der Waals surface area contributed by atoms with Crippen molar-refractivity contribution in [3.63, 3.8) is 0 Å². The van der Waals surface area contributed by atoms with E-state index in [-0.39, 0.29) is 11.7 Å². The molecule has 1 aliphatic rings. The summed E-state index contributed by atoms with van der Waals surface area (Å²) in [5.41, 5.74) is 0.674. The largest absolute Gasteiger partial charge is 0.434 e. The molecule has 0 unspecified atom stereocenters. The zero-order valence-corrected chi connectivity index (χ0v) is 17.8. The Balaban J connectivity index is 1.71. The number of thiazole rings is 1. The van der Waals surface area contributed by atoms with Gasteiger partial charge in [-0.05, 0) is 25.8 Å². The fourth-order valence-electron chi connectivity index (χ4n) is 3.86. The fraction of sp³-hybridized carbons (Fsp3) is 0.348. The minimum atomic E-state index is -4.72. The van der Waals surface area contributed by atoms with Gasteiger partial charge in [-0.2, -0.15) is 13.2 Å². The minimum absolute atomic E-state index is 0.100. The monoisotopic (exact) mass is 445 g/mol. The van der Waals surface area contributed by atoms with Crippen molar-refractivity contribution >= 4 is 17.2 Å². The topological polar surface area (TPSA) is 54.9 Å². The van der Waals surface area contributed by atoms with E-state index in [1.807, 2.05) is 35.7 Å². The highest BCUT2D eigenvalue weighted by Crippen LogP contribution is 2.36. The fourth-order valence-corrected chi connectivity index (χ4v) is 4.76. The molecule has 2 heterocycles. The third-order valence-electron chi connectivity index (χ3n) is 5.47. The number of alkyl halides is 3. The molecule has 162 valence electrons. The minimum Gasteiger partial charge on any atom is -0.349 e. The van der Waals surface area contributed by atoms with Crippen LogP contribution in [0.2, 0.25) is 0 Å². The summed E-state index contributed by atoms with van der Waals surface area (Å²) in [5.74, 6) is -0.729. The maximum absolute atomic E-state index is 13.7. The molecular weight excluding hydrogens is 423 g/mol. The summed E-state index contributed by atoms with van der Waals surface area (Å²) >= 11 is 1.32. The Morgan fingerprint density at radius 1 is 1.10 bits per heavy atom. The Hall–Kier alpha value is -2.74. The Kier molecular flexibility index (Phi) is 6.09. The second-order valence-corrected chi connectivity index (χ2v) is 8.59. The number of benzene rings is 1. The van der Waals surface area contributed by atoms with E-state index in [1.165, 1.54) is 24.3 Å². The summed E-state index contributed by atoms with van der Waals surface area (Å²) in [4.78, 5) is 21.2. The van der Waals surface area contributed by atoms with E-state index in [2.05, 4.69) is 15.3 Å². The SMILES string of the molecule is Cc1nc(C(F)(F)F)c(C(=O)NC2CCCCC2)cc1-c1nc(-c2ccccc2)cs1. The van der Waals surface area contributed by atoms with Crippen molar-refractivity contribution in [3.05, 3.63) is 58.7 Å². The van der Waals surface area contributed by atoms with Crippen LogP contribution in [0.4, 0.5) is 13.2 Å². The summed E-state index contributed by atoms with van der Waals surface area (Å²) in [6, 6.07) is 10.7. The quantitative estimate of drug-likeness (QED) is 0.516. The van der Waals surface area contributed by atoms with Crippen molar-refractivity contribution in [1.82, 2.24) is 15.3 Å². The van der Waals surface area contributed by atoms with Gasteiger partial charge in [-0.3, -0.25) is 4.79 Å². The van der Waals surface area contributed by atoms with E-state index in [0.717, 1.165) is 43.4 Å². The predicted octanol–water partition coefficient (Wildman–Crippen LogP) is 6.26. The first-order valence-corrected chi connectivity index (χ1v) is 11.1. The van der Waals surface area contributed by atoms with Crippen LogP contribution in [0.15, 0.2) is 41.8 Å². The van der Waals surface area contributed by atoms with Gasteiger partial charge in [0.2, 0.25) is 0 Å². The Labute approximate surface area is 182 Å². The van der Waals surface area contributed by atoms with Gasteiger partial charge in [0.15, 0.2) is 5.69 Å². The lowest BCUT2D eigenvalue weighted by Gasteiger charge is -2.23. The summed E-state index contributed by atoms with van der Waals surface area (Å²) in [6.45, 7) is 1.51. The van der Waals surface area contributed by atoms with Crippen molar-refractivity contribution in [3.8, 4) is 21.8 Å². The zero-order chi connectivity index (χ0) is 22.0. The van der Waals surface area contributed by atoms with Crippen LogP contribution in [-0.2, 0) is 6.18 Å². The summed E-state index contributed by atoms with van der Waals surface area (Å²) in [6.07, 6.45) is -0.130. The summed E-state index contributed by atoms with van der Waals surface area (Å²) in [7, 11) is 0. The lowest BCUT2D eigenvalue weighted by Crippen LogP contribution is -2.37. The van der Waals surface area contributed by atoms with Crippen LogP contribution in [0.5, 0.6) is 0 Å². The molecule has 1 fully saturated rings. The number of rotatable bonds is 4. The molecule has 1 aliphatic carbocycles. The van der Waals surface area contributed by atoms with Gasteiger partial charge in [0.05, 0.1) is 11.3 Å². The molecule has 4 nitrogen and oxygen atoms in total. The first kappa shape index (κ1) is 21.5. The molecule has 4 rings (SSSR count). The average molecular weight is 446 g/mol. The van der Waals surface area contributed by atoms with Gasteiger partial charge in [0.25, 0.3) is 5.91 Å². The normalized spacial score (nSPS) is 15.1. The van der Waals surface area contributed by atoms with Crippen molar-refractivity contribution in [2.24, 2.45) is 0 Å². The molecule has 1 aromatic carbocycles. The van der Waals surface area contributed by atoms with Crippen LogP contribution >= 0.6 is 11.3 Å². The molecule has 8 heteroatoms. The number of hydrogen-bond donors (Lipinski definition) is 1. The van der Waals surface area contributed by atoms with Gasteiger partial charge in [0, 0.05) is 28.2 Å². The van der Waals surface area contributed by atoms with E-state index in [0.29, 0.717) is 10.6 Å². The number of halogens is 3. The van der Waals surface area contributed by atoms with Gasteiger partial charge in [-0.1, -0.05) is 49.6 Å². The van der Waals surface area contributed by atoms with E-state index >= 15 is 0 Å². The van der Waals surface area contributed by atoms with Gasteiger partial charge in [0.1, 0.15) is 5.01 Å². The molecule has 1 saturated carbocycles. The Morgan fingerprint density at radius 3 is 2.48 bits per heavy atom. The third-order valence-corrected chi connectivity index (χ3v) is 6.35. The number of nitrogens with zero attached hydrogens (tertiary/aromatic N) is 2. The van der Waals surface area contributed by atoms with Crippen LogP contribution in [0.1, 0.15) is 53.8 Å². The maximum atomic E-state index is 13.7. The Morgan fingerprint density at radius 2 is 1.81 bits per heavy atom. The van der Waals surface area contributed by atoms with E-state index in [4.69, 9.17) is 0 Å². The molecule has 31 heavy (non-hydrogen) atoms. The maximum Gasteiger partial charge on any atom is 0.434 e.